The lowest BCUT2D eigenvalue weighted by atomic mass is 9.99. The van der Waals surface area contributed by atoms with Crippen molar-refractivity contribution in [2.24, 2.45) is 5.92 Å². The molecule has 1 unspecified atom stereocenters. The minimum atomic E-state index is -3.57. The lowest BCUT2D eigenvalue weighted by Gasteiger charge is -2.30. The smallest absolute Gasteiger partial charge is 0.252 e. The van der Waals surface area contributed by atoms with Crippen molar-refractivity contribution >= 4 is 56.2 Å². The summed E-state index contributed by atoms with van der Waals surface area (Å²) in [5.41, 5.74) is 0.429. The fourth-order valence-electron chi connectivity index (χ4n) is 2.88. The van der Waals surface area contributed by atoms with Gasteiger partial charge in [0.15, 0.2) is 0 Å². The van der Waals surface area contributed by atoms with Gasteiger partial charge in [0.25, 0.3) is 10.0 Å². The zero-order valence-corrected chi connectivity index (χ0v) is 17.2. The van der Waals surface area contributed by atoms with Crippen molar-refractivity contribution in [3.63, 3.8) is 0 Å². The van der Waals surface area contributed by atoms with E-state index in [1.54, 1.807) is 30.3 Å². The number of piperidine rings is 1. The number of sulfonamides is 1. The van der Waals surface area contributed by atoms with Crippen molar-refractivity contribution < 1.29 is 13.2 Å². The molecule has 26 heavy (non-hydrogen) atoms. The number of amides is 1. The molecular formula is C17H18Cl2N2O3S2. The molecule has 1 aromatic carbocycles. The molecule has 1 aliphatic heterocycles. The molecule has 9 heteroatoms. The van der Waals surface area contributed by atoms with Crippen LogP contribution in [-0.4, -0.2) is 31.7 Å². The number of rotatable bonds is 4. The summed E-state index contributed by atoms with van der Waals surface area (Å²) < 4.78 is 27.3. The summed E-state index contributed by atoms with van der Waals surface area (Å²) in [5.74, 6) is -0.689. The van der Waals surface area contributed by atoms with Gasteiger partial charge in [0.05, 0.1) is 16.6 Å². The molecule has 0 saturated carbocycles. The van der Waals surface area contributed by atoms with Gasteiger partial charge in [0.1, 0.15) is 4.21 Å². The van der Waals surface area contributed by atoms with E-state index < -0.39 is 15.9 Å². The molecule has 1 N–H and O–H groups in total. The van der Waals surface area contributed by atoms with Crippen molar-refractivity contribution in [1.29, 1.82) is 0 Å². The van der Waals surface area contributed by atoms with Crippen LogP contribution in [0, 0.1) is 12.8 Å². The molecule has 0 aliphatic carbocycles. The molecule has 0 spiro atoms. The summed E-state index contributed by atoms with van der Waals surface area (Å²) in [6.45, 7) is 2.44. The van der Waals surface area contributed by atoms with Crippen LogP contribution in [0.5, 0.6) is 0 Å². The van der Waals surface area contributed by atoms with Gasteiger partial charge in [0, 0.05) is 23.0 Å². The predicted octanol–water partition coefficient (Wildman–Crippen LogP) is 4.40. The fourth-order valence-corrected chi connectivity index (χ4v) is 6.18. The average Bonchev–Trinajstić information content (AvgIpc) is 3.05. The van der Waals surface area contributed by atoms with Crippen LogP contribution in [0.2, 0.25) is 10.0 Å². The third kappa shape index (κ3) is 4.23. The fraction of sp³-hybridized carbons (Fsp3) is 0.353. The Bertz CT molecular complexity index is 928. The van der Waals surface area contributed by atoms with E-state index in [4.69, 9.17) is 23.2 Å². The number of carbonyl (C=O) groups excluding carboxylic acids is 1. The van der Waals surface area contributed by atoms with Crippen LogP contribution in [0.15, 0.2) is 34.5 Å². The molecular weight excluding hydrogens is 415 g/mol. The number of aryl methyl sites for hydroxylation is 1. The summed E-state index contributed by atoms with van der Waals surface area (Å²) in [4.78, 5) is 13.5. The van der Waals surface area contributed by atoms with E-state index in [9.17, 15) is 13.2 Å². The van der Waals surface area contributed by atoms with Crippen LogP contribution in [0.4, 0.5) is 5.69 Å². The first-order chi connectivity index (χ1) is 12.3. The van der Waals surface area contributed by atoms with E-state index in [-0.39, 0.29) is 12.5 Å². The number of anilines is 1. The lowest BCUT2D eigenvalue weighted by molar-refractivity contribution is -0.120. The summed E-state index contributed by atoms with van der Waals surface area (Å²) in [5, 5.41) is 3.61. The monoisotopic (exact) mass is 432 g/mol. The zero-order valence-electron chi connectivity index (χ0n) is 14.0. The largest absolute Gasteiger partial charge is 0.324 e. The molecule has 1 aromatic heterocycles. The summed E-state index contributed by atoms with van der Waals surface area (Å²) in [6, 6.07) is 8.22. The molecule has 1 amide bonds. The minimum Gasteiger partial charge on any atom is -0.324 e. The van der Waals surface area contributed by atoms with Crippen molar-refractivity contribution in [2.45, 2.75) is 24.0 Å². The van der Waals surface area contributed by atoms with E-state index in [0.29, 0.717) is 39.3 Å². The first-order valence-electron chi connectivity index (χ1n) is 8.10. The molecule has 1 aliphatic rings. The van der Waals surface area contributed by atoms with E-state index in [2.05, 4.69) is 5.32 Å². The Morgan fingerprint density at radius 1 is 1.27 bits per heavy atom. The van der Waals surface area contributed by atoms with Gasteiger partial charge in [-0.3, -0.25) is 4.79 Å². The van der Waals surface area contributed by atoms with E-state index in [1.165, 1.54) is 15.6 Å². The Balaban J connectivity index is 1.74. The average molecular weight is 433 g/mol. The van der Waals surface area contributed by atoms with Gasteiger partial charge >= 0.3 is 0 Å². The second-order valence-corrected chi connectivity index (χ2v) is 10.5. The number of nitrogens with zero attached hydrogens (tertiary/aromatic N) is 1. The SMILES string of the molecule is Cc1ccc(S(=O)(=O)N2CCCC(C(=O)Nc3cc(Cl)ccc3Cl)C2)s1. The van der Waals surface area contributed by atoms with Crippen molar-refractivity contribution in [2.75, 3.05) is 18.4 Å². The van der Waals surface area contributed by atoms with Crippen molar-refractivity contribution in [1.82, 2.24) is 4.31 Å². The van der Waals surface area contributed by atoms with Crippen LogP contribution in [-0.2, 0) is 14.8 Å². The third-order valence-corrected chi connectivity index (χ3v) is 8.15. The first-order valence-corrected chi connectivity index (χ1v) is 11.1. The highest BCUT2D eigenvalue weighted by atomic mass is 35.5. The summed E-state index contributed by atoms with van der Waals surface area (Å²) >= 11 is 13.3. The number of hydrogen-bond acceptors (Lipinski definition) is 4. The van der Waals surface area contributed by atoms with Gasteiger partial charge in [-0.25, -0.2) is 8.42 Å². The van der Waals surface area contributed by atoms with Crippen LogP contribution < -0.4 is 5.32 Å². The molecule has 0 radical (unpaired) electrons. The Kier molecular flexibility index (Phi) is 5.94. The van der Waals surface area contributed by atoms with E-state index in [0.717, 1.165) is 4.88 Å². The van der Waals surface area contributed by atoms with Crippen LogP contribution in [0.3, 0.4) is 0 Å². The van der Waals surface area contributed by atoms with Crippen LogP contribution >= 0.6 is 34.5 Å². The highest BCUT2D eigenvalue weighted by molar-refractivity contribution is 7.91. The van der Waals surface area contributed by atoms with Gasteiger partial charge in [0.2, 0.25) is 5.91 Å². The van der Waals surface area contributed by atoms with Crippen molar-refractivity contribution in [3.8, 4) is 0 Å². The maximum Gasteiger partial charge on any atom is 0.252 e. The normalized spacial score (nSPS) is 18.7. The Hall–Kier alpha value is -1.12. The molecule has 1 saturated heterocycles. The number of halogens is 2. The molecule has 140 valence electrons. The summed E-state index contributed by atoms with van der Waals surface area (Å²) in [7, 11) is -3.57. The molecule has 5 nitrogen and oxygen atoms in total. The molecule has 1 fully saturated rings. The van der Waals surface area contributed by atoms with Crippen LogP contribution in [0.1, 0.15) is 17.7 Å². The number of thiophene rings is 1. The number of benzene rings is 1. The second-order valence-electron chi connectivity index (χ2n) is 6.18. The quantitative estimate of drug-likeness (QED) is 0.777. The molecule has 3 rings (SSSR count). The lowest BCUT2D eigenvalue weighted by Crippen LogP contribution is -2.43. The first kappa shape index (κ1) is 19.6. The van der Waals surface area contributed by atoms with E-state index >= 15 is 0 Å². The van der Waals surface area contributed by atoms with Gasteiger partial charge in [-0.1, -0.05) is 23.2 Å². The Labute approximate surface area is 167 Å². The third-order valence-electron chi connectivity index (χ3n) is 4.25. The summed E-state index contributed by atoms with van der Waals surface area (Å²) in [6.07, 6.45) is 1.25. The molecule has 1 atom stereocenters. The van der Waals surface area contributed by atoms with Gasteiger partial charge in [-0.2, -0.15) is 4.31 Å². The van der Waals surface area contributed by atoms with E-state index in [1.807, 2.05) is 6.92 Å². The topological polar surface area (TPSA) is 66.5 Å². The number of carbonyl (C=O) groups is 1. The van der Waals surface area contributed by atoms with Gasteiger partial charge < -0.3 is 5.32 Å². The Morgan fingerprint density at radius 2 is 2.04 bits per heavy atom. The van der Waals surface area contributed by atoms with Crippen LogP contribution in [0.25, 0.3) is 0 Å². The predicted molar refractivity (Wildman–Crippen MR) is 106 cm³/mol. The maximum atomic E-state index is 12.8. The standard InChI is InChI=1S/C17H18Cl2N2O3S2/c1-11-4-7-16(25-11)26(23,24)21-8-2-3-12(10-21)17(22)20-15-9-13(18)5-6-14(15)19/h4-7,9,12H,2-3,8,10H2,1H3,(H,20,22). The molecule has 0 bridgehead atoms. The zero-order chi connectivity index (χ0) is 18.9. The molecule has 2 aromatic rings. The minimum absolute atomic E-state index is 0.156. The number of nitrogens with one attached hydrogen (secondary N) is 1. The van der Waals surface area contributed by atoms with Gasteiger partial charge in [-0.05, 0) is 50.1 Å². The Morgan fingerprint density at radius 3 is 2.73 bits per heavy atom. The van der Waals surface area contributed by atoms with Gasteiger partial charge in [-0.15, -0.1) is 11.3 Å². The maximum absolute atomic E-state index is 12.8. The van der Waals surface area contributed by atoms with Crippen molar-refractivity contribution in [3.05, 3.63) is 45.3 Å². The highest BCUT2D eigenvalue weighted by Crippen LogP contribution is 2.30. The highest BCUT2D eigenvalue weighted by Gasteiger charge is 2.34. The number of hydrogen-bond donors (Lipinski definition) is 1. The second kappa shape index (κ2) is 7.86. The molecule has 2 heterocycles.